The van der Waals surface area contributed by atoms with Crippen LogP contribution < -0.4 is 16.0 Å². The fourth-order valence-electron chi connectivity index (χ4n) is 2.92. The smallest absolute Gasteiger partial charge is 0.253 e. The molecule has 3 N–H and O–H groups in total. The molecule has 1 unspecified atom stereocenters. The van der Waals surface area contributed by atoms with Gasteiger partial charge in [0, 0.05) is 39.1 Å². The first kappa shape index (κ1) is 22.2. The predicted octanol–water partition coefficient (Wildman–Crippen LogP) is 2.02. The number of aryl methyl sites for hydroxylation is 1. The Balaban J connectivity index is 0.00000280. The number of nitrogens with one attached hydrogen (secondary N) is 3. The molecule has 0 bridgehead atoms. The first-order chi connectivity index (χ1) is 13.2. The van der Waals surface area contributed by atoms with Gasteiger partial charge in [-0.25, -0.2) is 0 Å². The van der Waals surface area contributed by atoms with Gasteiger partial charge < -0.3 is 20.7 Å². The van der Waals surface area contributed by atoms with E-state index in [1.165, 1.54) is 0 Å². The maximum atomic E-state index is 12.2. The second kappa shape index (κ2) is 11.0. The Morgan fingerprint density at radius 3 is 2.82 bits per heavy atom. The maximum Gasteiger partial charge on any atom is 0.253 e. The number of ether oxygens (including phenoxy) is 1. The molecule has 9 heteroatoms. The minimum absolute atomic E-state index is 0. The number of benzene rings is 1. The van der Waals surface area contributed by atoms with Crippen LogP contribution in [0, 0.1) is 0 Å². The molecule has 152 valence electrons. The lowest BCUT2D eigenvalue weighted by Gasteiger charge is -2.14. The van der Waals surface area contributed by atoms with Gasteiger partial charge in [-0.15, -0.1) is 24.0 Å². The molecule has 1 aliphatic rings. The van der Waals surface area contributed by atoms with Crippen LogP contribution in [0.3, 0.4) is 0 Å². The van der Waals surface area contributed by atoms with Gasteiger partial charge in [0.05, 0.1) is 12.2 Å². The van der Waals surface area contributed by atoms with E-state index in [-0.39, 0.29) is 36.0 Å². The van der Waals surface area contributed by atoms with E-state index >= 15 is 0 Å². The second-order valence-electron chi connectivity index (χ2n) is 6.42. The van der Waals surface area contributed by atoms with Crippen molar-refractivity contribution in [1.29, 1.82) is 0 Å². The van der Waals surface area contributed by atoms with Crippen molar-refractivity contribution in [2.24, 2.45) is 12.0 Å². The number of hydrogen-bond donors (Lipinski definition) is 3. The number of aromatic nitrogens is 2. The van der Waals surface area contributed by atoms with Crippen molar-refractivity contribution in [3.63, 3.8) is 0 Å². The summed E-state index contributed by atoms with van der Waals surface area (Å²) in [5, 5.41) is 13.6. The van der Waals surface area contributed by atoms with Crippen molar-refractivity contribution < 1.29 is 9.53 Å². The average Bonchev–Trinajstić information content (AvgIpc) is 3.34. The summed E-state index contributed by atoms with van der Waals surface area (Å²) in [6.07, 6.45) is 3.16. The van der Waals surface area contributed by atoms with Crippen LogP contribution in [0.15, 0.2) is 41.5 Å². The number of amides is 1. The van der Waals surface area contributed by atoms with Gasteiger partial charge >= 0.3 is 0 Å². The highest BCUT2D eigenvalue weighted by Gasteiger charge is 2.23. The summed E-state index contributed by atoms with van der Waals surface area (Å²) < 4.78 is 7.24. The van der Waals surface area contributed by atoms with Crippen molar-refractivity contribution in [2.45, 2.75) is 32.0 Å². The van der Waals surface area contributed by atoms with E-state index in [2.05, 4.69) is 26.0 Å². The standard InChI is InChI=1S/C19H26N6O2.HI/c1-20-19(22-13-16-8-9-23-25(16)2)21-12-14-5-3-6-15(11-14)24-18(26)17-7-4-10-27-17;/h3,5-6,8-9,11,17H,4,7,10,12-13H2,1-2H3,(H,24,26)(H2,20,21,22);1H. The van der Waals surface area contributed by atoms with Crippen LogP contribution in [0.2, 0.25) is 0 Å². The Morgan fingerprint density at radius 2 is 2.14 bits per heavy atom. The van der Waals surface area contributed by atoms with Crippen molar-refractivity contribution in [3.8, 4) is 0 Å². The van der Waals surface area contributed by atoms with Crippen LogP contribution in [0.1, 0.15) is 24.1 Å². The molecule has 3 rings (SSSR count). The van der Waals surface area contributed by atoms with Gasteiger partial charge in [0.2, 0.25) is 0 Å². The lowest BCUT2D eigenvalue weighted by Crippen LogP contribution is -2.36. The number of carbonyl (C=O) groups excluding carboxylic acids is 1. The zero-order chi connectivity index (χ0) is 19.1. The summed E-state index contributed by atoms with van der Waals surface area (Å²) in [6.45, 7) is 1.88. The van der Waals surface area contributed by atoms with E-state index in [0.29, 0.717) is 25.7 Å². The Morgan fingerprint density at radius 1 is 1.32 bits per heavy atom. The minimum atomic E-state index is -0.332. The first-order valence-electron chi connectivity index (χ1n) is 9.08. The van der Waals surface area contributed by atoms with Crippen LogP contribution >= 0.6 is 24.0 Å². The summed E-state index contributed by atoms with van der Waals surface area (Å²) in [6, 6.07) is 9.72. The van der Waals surface area contributed by atoms with E-state index in [9.17, 15) is 4.79 Å². The van der Waals surface area contributed by atoms with Crippen LogP contribution in [-0.2, 0) is 29.7 Å². The Hall–Kier alpha value is -2.14. The second-order valence-corrected chi connectivity index (χ2v) is 6.42. The van der Waals surface area contributed by atoms with Crippen molar-refractivity contribution >= 4 is 41.5 Å². The number of hydrogen-bond acceptors (Lipinski definition) is 4. The van der Waals surface area contributed by atoms with E-state index in [0.717, 1.165) is 29.8 Å². The highest BCUT2D eigenvalue weighted by Crippen LogP contribution is 2.16. The third-order valence-corrected chi connectivity index (χ3v) is 4.46. The molecule has 1 aromatic heterocycles. The number of anilines is 1. The number of carbonyl (C=O) groups is 1. The van der Waals surface area contributed by atoms with Gasteiger partial charge in [-0.1, -0.05) is 12.1 Å². The maximum absolute atomic E-state index is 12.2. The minimum Gasteiger partial charge on any atom is -0.368 e. The molecule has 1 amide bonds. The third kappa shape index (κ3) is 6.20. The van der Waals surface area contributed by atoms with E-state index in [4.69, 9.17) is 4.74 Å². The van der Waals surface area contributed by atoms with Gasteiger partial charge in [0.25, 0.3) is 5.91 Å². The average molecular weight is 498 g/mol. The predicted molar refractivity (Wildman–Crippen MR) is 120 cm³/mol. The molecule has 0 saturated carbocycles. The number of halogens is 1. The molecule has 28 heavy (non-hydrogen) atoms. The van der Waals surface area contributed by atoms with Gasteiger partial charge in [0.15, 0.2) is 5.96 Å². The van der Waals surface area contributed by atoms with E-state index in [1.54, 1.807) is 13.2 Å². The van der Waals surface area contributed by atoms with Crippen LogP contribution in [0.25, 0.3) is 0 Å². The normalized spacial score (nSPS) is 16.4. The summed E-state index contributed by atoms with van der Waals surface area (Å²) in [5.41, 5.74) is 2.88. The molecule has 1 atom stereocenters. The summed E-state index contributed by atoms with van der Waals surface area (Å²) in [7, 11) is 3.64. The molecule has 1 aliphatic heterocycles. The quantitative estimate of drug-likeness (QED) is 0.322. The highest BCUT2D eigenvalue weighted by atomic mass is 127. The van der Waals surface area contributed by atoms with Gasteiger partial charge in [-0.2, -0.15) is 5.10 Å². The van der Waals surface area contributed by atoms with Crippen molar-refractivity contribution in [1.82, 2.24) is 20.4 Å². The topological polar surface area (TPSA) is 92.6 Å². The lowest BCUT2D eigenvalue weighted by molar-refractivity contribution is -0.124. The van der Waals surface area contributed by atoms with Gasteiger partial charge in [-0.05, 0) is 36.6 Å². The Kier molecular flexibility index (Phi) is 8.71. The molecular formula is C19H27IN6O2. The summed E-state index contributed by atoms with van der Waals surface area (Å²) in [5.74, 6) is 0.622. The molecule has 1 saturated heterocycles. The van der Waals surface area contributed by atoms with Gasteiger partial charge in [-0.3, -0.25) is 14.5 Å². The number of rotatable bonds is 6. The lowest BCUT2D eigenvalue weighted by atomic mass is 10.2. The zero-order valence-corrected chi connectivity index (χ0v) is 18.5. The molecule has 1 aromatic carbocycles. The fraction of sp³-hybridized carbons (Fsp3) is 0.421. The van der Waals surface area contributed by atoms with E-state index < -0.39 is 0 Å². The van der Waals surface area contributed by atoms with Crippen LogP contribution in [0.4, 0.5) is 5.69 Å². The molecule has 2 heterocycles. The number of nitrogens with zero attached hydrogens (tertiary/aromatic N) is 3. The Labute approximate surface area is 182 Å². The highest BCUT2D eigenvalue weighted by molar-refractivity contribution is 14.0. The van der Waals surface area contributed by atoms with Crippen LogP contribution in [0.5, 0.6) is 0 Å². The zero-order valence-electron chi connectivity index (χ0n) is 16.1. The molecular weight excluding hydrogens is 471 g/mol. The SMILES string of the molecule is CN=C(NCc1cccc(NC(=O)C2CCCO2)c1)NCc1ccnn1C.I. The summed E-state index contributed by atoms with van der Waals surface area (Å²) >= 11 is 0. The van der Waals surface area contributed by atoms with Crippen molar-refractivity contribution in [2.75, 3.05) is 19.0 Å². The molecule has 0 aliphatic carbocycles. The van der Waals surface area contributed by atoms with Crippen LogP contribution in [-0.4, -0.2) is 41.4 Å². The third-order valence-electron chi connectivity index (χ3n) is 4.46. The number of guanidine groups is 1. The molecule has 1 fully saturated rings. The van der Waals surface area contributed by atoms with Gasteiger partial charge in [0.1, 0.15) is 6.10 Å². The fourth-order valence-corrected chi connectivity index (χ4v) is 2.92. The van der Waals surface area contributed by atoms with E-state index in [1.807, 2.05) is 42.1 Å². The van der Waals surface area contributed by atoms with Crippen molar-refractivity contribution in [3.05, 3.63) is 47.8 Å². The first-order valence-corrected chi connectivity index (χ1v) is 9.08. The molecule has 0 spiro atoms. The molecule has 8 nitrogen and oxygen atoms in total. The molecule has 0 radical (unpaired) electrons. The number of aliphatic imine (C=N–C) groups is 1. The molecule has 2 aromatic rings. The summed E-state index contributed by atoms with van der Waals surface area (Å²) in [4.78, 5) is 16.4. The largest absolute Gasteiger partial charge is 0.368 e. The Bertz CT molecular complexity index is 801. The monoisotopic (exact) mass is 498 g/mol.